The van der Waals surface area contributed by atoms with Gasteiger partial charge < -0.3 is 5.11 Å². The van der Waals surface area contributed by atoms with Crippen LogP contribution in [0.4, 0.5) is 0 Å². The molecule has 1 aliphatic heterocycles. The summed E-state index contributed by atoms with van der Waals surface area (Å²) in [5.41, 5.74) is 4.17. The third kappa shape index (κ3) is 3.84. The number of aryl methyl sites for hydroxylation is 1. The van der Waals surface area contributed by atoms with E-state index >= 15 is 0 Å². The van der Waals surface area contributed by atoms with E-state index in [-0.39, 0.29) is 11.2 Å². The Kier molecular flexibility index (Phi) is 5.05. The molecule has 2 aromatic carbocycles. The molecule has 0 aromatic heterocycles. The minimum absolute atomic E-state index is 0.114. The number of nitrogens with two attached hydrogens (primary N) is 1. The summed E-state index contributed by atoms with van der Waals surface area (Å²) < 4.78 is 23.1. The van der Waals surface area contributed by atoms with Gasteiger partial charge in [-0.05, 0) is 53.4 Å². The first-order valence-electron chi connectivity index (χ1n) is 11.3. The van der Waals surface area contributed by atoms with Crippen LogP contribution in [0.5, 0.6) is 0 Å². The Bertz CT molecular complexity index is 1090. The maximum absolute atomic E-state index is 11.5. The number of likely N-dealkylation sites (tertiary alicyclic amines) is 1. The standard InChI is InChI=1S/C25H32N2O3S/c1-2-25(21-9-5-6-18(12-21)16-31(26,29)30)22-14-27(15-23(22)25)17-24(28)11-10-19-7-3-4-8-20(19)13-24/h3-9,12,22-23,28H,2,10-11,13-17H2,1H3,(H2,26,29,30). The Balaban J connectivity index is 1.27. The number of benzene rings is 2. The van der Waals surface area contributed by atoms with Gasteiger partial charge in [0.05, 0.1) is 11.4 Å². The van der Waals surface area contributed by atoms with Crippen LogP contribution >= 0.6 is 0 Å². The molecule has 1 saturated heterocycles. The van der Waals surface area contributed by atoms with Crippen LogP contribution in [0.15, 0.2) is 48.5 Å². The quantitative estimate of drug-likeness (QED) is 0.723. The second kappa shape index (κ2) is 7.41. The van der Waals surface area contributed by atoms with Crippen LogP contribution in [0, 0.1) is 11.8 Å². The van der Waals surface area contributed by atoms with Gasteiger partial charge in [-0.15, -0.1) is 0 Å². The van der Waals surface area contributed by atoms with Crippen molar-refractivity contribution < 1.29 is 13.5 Å². The highest BCUT2D eigenvalue weighted by Gasteiger charge is 2.67. The van der Waals surface area contributed by atoms with E-state index in [0.717, 1.165) is 50.9 Å². The first-order valence-corrected chi connectivity index (χ1v) is 13.1. The molecule has 6 heteroatoms. The van der Waals surface area contributed by atoms with Crippen LogP contribution in [0.3, 0.4) is 0 Å². The smallest absolute Gasteiger partial charge is 0.213 e. The van der Waals surface area contributed by atoms with Crippen LogP contribution in [0.1, 0.15) is 42.0 Å². The van der Waals surface area contributed by atoms with Crippen molar-refractivity contribution in [3.05, 3.63) is 70.8 Å². The Morgan fingerprint density at radius 2 is 1.81 bits per heavy atom. The van der Waals surface area contributed by atoms with Crippen LogP contribution < -0.4 is 5.14 Å². The highest BCUT2D eigenvalue weighted by Crippen LogP contribution is 2.65. The number of fused-ring (bicyclic) bond motifs is 2. The van der Waals surface area contributed by atoms with E-state index < -0.39 is 15.6 Å². The number of sulfonamides is 1. The van der Waals surface area contributed by atoms with Crippen molar-refractivity contribution in [2.45, 2.75) is 49.4 Å². The number of aliphatic hydroxyl groups is 1. The van der Waals surface area contributed by atoms with Crippen LogP contribution in [-0.2, 0) is 34.0 Å². The normalized spacial score (nSPS) is 32.5. The van der Waals surface area contributed by atoms with Gasteiger partial charge in [-0.2, -0.15) is 0 Å². The minimum Gasteiger partial charge on any atom is -0.388 e. The molecule has 2 aromatic rings. The van der Waals surface area contributed by atoms with Crippen molar-refractivity contribution in [2.75, 3.05) is 19.6 Å². The molecule has 0 radical (unpaired) electrons. The molecule has 0 amide bonds. The molecule has 31 heavy (non-hydrogen) atoms. The molecule has 3 aliphatic rings. The molecule has 3 unspecified atom stereocenters. The van der Waals surface area contributed by atoms with Crippen molar-refractivity contribution in [2.24, 2.45) is 17.0 Å². The lowest BCUT2D eigenvalue weighted by Crippen LogP contribution is -2.47. The van der Waals surface area contributed by atoms with Gasteiger partial charge in [-0.3, -0.25) is 4.90 Å². The molecular weight excluding hydrogens is 408 g/mol. The van der Waals surface area contributed by atoms with E-state index in [1.165, 1.54) is 16.7 Å². The van der Waals surface area contributed by atoms with Crippen LogP contribution in [0.25, 0.3) is 0 Å². The Morgan fingerprint density at radius 1 is 1.10 bits per heavy atom. The van der Waals surface area contributed by atoms with Crippen molar-refractivity contribution in [1.29, 1.82) is 0 Å². The third-order valence-corrected chi connectivity index (χ3v) is 8.78. The zero-order chi connectivity index (χ0) is 21.9. The molecule has 3 atom stereocenters. The second-order valence-electron chi connectivity index (χ2n) is 9.98. The van der Waals surface area contributed by atoms with Gasteiger partial charge in [0.1, 0.15) is 0 Å². The van der Waals surface area contributed by atoms with E-state index in [4.69, 9.17) is 5.14 Å². The van der Waals surface area contributed by atoms with E-state index in [1.54, 1.807) is 0 Å². The van der Waals surface area contributed by atoms with Crippen molar-refractivity contribution in [1.82, 2.24) is 4.90 Å². The summed E-state index contributed by atoms with van der Waals surface area (Å²) in [7, 11) is -3.53. The van der Waals surface area contributed by atoms with E-state index in [1.807, 2.05) is 18.2 Å². The highest BCUT2D eigenvalue weighted by molar-refractivity contribution is 7.88. The lowest BCUT2D eigenvalue weighted by Gasteiger charge is -2.38. The average molecular weight is 441 g/mol. The predicted molar refractivity (Wildman–Crippen MR) is 122 cm³/mol. The molecule has 166 valence electrons. The fourth-order valence-electron chi connectivity index (χ4n) is 6.62. The predicted octanol–water partition coefficient (Wildman–Crippen LogP) is 2.60. The van der Waals surface area contributed by atoms with Gasteiger partial charge in [0, 0.05) is 31.5 Å². The van der Waals surface area contributed by atoms with Crippen molar-refractivity contribution in [3.63, 3.8) is 0 Å². The molecule has 0 bridgehead atoms. The molecule has 1 heterocycles. The first-order chi connectivity index (χ1) is 14.7. The van der Waals surface area contributed by atoms with Gasteiger partial charge in [0.15, 0.2) is 0 Å². The van der Waals surface area contributed by atoms with Crippen LogP contribution in [0.2, 0.25) is 0 Å². The number of rotatable bonds is 6. The van der Waals surface area contributed by atoms with Crippen LogP contribution in [-0.4, -0.2) is 43.7 Å². The average Bonchev–Trinajstić information content (AvgIpc) is 3.10. The molecule has 0 spiro atoms. The maximum atomic E-state index is 11.5. The molecule has 3 N–H and O–H groups in total. The maximum Gasteiger partial charge on any atom is 0.213 e. The third-order valence-electron chi connectivity index (χ3n) is 8.04. The molecule has 5 rings (SSSR count). The van der Waals surface area contributed by atoms with Gasteiger partial charge >= 0.3 is 0 Å². The van der Waals surface area contributed by atoms with E-state index in [2.05, 4.69) is 42.2 Å². The van der Waals surface area contributed by atoms with Crippen molar-refractivity contribution >= 4 is 10.0 Å². The number of β-amino-alcohol motifs (C(OH)–C–C–N with tert-alkyl or cyclic N) is 1. The summed E-state index contributed by atoms with van der Waals surface area (Å²) in [6, 6.07) is 16.5. The second-order valence-corrected chi connectivity index (χ2v) is 11.6. The minimum atomic E-state index is -3.53. The van der Waals surface area contributed by atoms with E-state index in [9.17, 15) is 13.5 Å². The fourth-order valence-corrected chi connectivity index (χ4v) is 7.26. The molecule has 2 aliphatic carbocycles. The van der Waals surface area contributed by atoms with Crippen molar-refractivity contribution in [3.8, 4) is 0 Å². The Hall–Kier alpha value is -1.73. The summed E-state index contributed by atoms with van der Waals surface area (Å²) in [6.07, 6.45) is 3.56. The lowest BCUT2D eigenvalue weighted by atomic mass is 9.80. The number of nitrogens with zero attached hydrogens (tertiary/aromatic N) is 1. The van der Waals surface area contributed by atoms with E-state index in [0.29, 0.717) is 11.8 Å². The number of hydrogen-bond donors (Lipinski definition) is 2. The largest absolute Gasteiger partial charge is 0.388 e. The highest BCUT2D eigenvalue weighted by atomic mass is 32.2. The van der Waals surface area contributed by atoms with Gasteiger partial charge in [0.25, 0.3) is 0 Å². The fraction of sp³-hybridized carbons (Fsp3) is 0.520. The lowest BCUT2D eigenvalue weighted by molar-refractivity contribution is -0.00666. The zero-order valence-electron chi connectivity index (χ0n) is 18.1. The Morgan fingerprint density at radius 3 is 2.48 bits per heavy atom. The van der Waals surface area contributed by atoms with Gasteiger partial charge in [-0.25, -0.2) is 13.6 Å². The first kappa shape index (κ1) is 21.1. The van der Waals surface area contributed by atoms with Gasteiger partial charge in [-0.1, -0.05) is 55.5 Å². The SMILES string of the molecule is CCC1(c2cccc(CS(N)(=O)=O)c2)C2CN(CC3(O)CCc4ccccc4C3)CC21. The molecule has 5 nitrogen and oxygen atoms in total. The molecular formula is C25H32N2O3S. The topological polar surface area (TPSA) is 83.6 Å². The summed E-state index contributed by atoms with van der Waals surface area (Å²) in [6.45, 7) is 4.98. The molecule has 1 saturated carbocycles. The summed E-state index contributed by atoms with van der Waals surface area (Å²) in [4.78, 5) is 2.45. The summed E-state index contributed by atoms with van der Waals surface area (Å²) in [5, 5.41) is 16.6. The summed E-state index contributed by atoms with van der Waals surface area (Å²) in [5.74, 6) is 1.03. The Labute approximate surface area is 185 Å². The van der Waals surface area contributed by atoms with Gasteiger partial charge in [0.2, 0.25) is 10.0 Å². The zero-order valence-corrected chi connectivity index (χ0v) is 18.9. The monoisotopic (exact) mass is 440 g/mol. The number of primary sulfonamides is 1. The number of piperidine rings is 1. The molecule has 2 fully saturated rings. The summed E-state index contributed by atoms with van der Waals surface area (Å²) >= 11 is 0. The number of hydrogen-bond acceptors (Lipinski definition) is 4.